The molecule has 27 heavy (non-hydrogen) atoms. The van der Waals surface area contributed by atoms with Gasteiger partial charge in [0.25, 0.3) is 0 Å². The molecular formula is C18H22FN3O4S. The molecule has 0 aromatic heterocycles. The Hall–Kier alpha value is -1.71. The fourth-order valence-electron chi connectivity index (χ4n) is 3.90. The number of anilines is 2. The SMILES string of the molecule is O=C1O[C@@H](CNC2COC2)[C@@H]2COc3cc(N4CCSCC4)c(F)cc3N12. The average molecular weight is 395 g/mol. The van der Waals surface area contributed by atoms with Crippen molar-refractivity contribution in [1.82, 2.24) is 5.32 Å². The lowest BCUT2D eigenvalue weighted by Gasteiger charge is -2.34. The molecule has 4 aliphatic rings. The third-order valence-corrected chi connectivity index (χ3v) is 6.45. The van der Waals surface area contributed by atoms with Crippen LogP contribution in [0.5, 0.6) is 5.75 Å². The summed E-state index contributed by atoms with van der Waals surface area (Å²) in [4.78, 5) is 16.0. The third kappa shape index (κ3) is 3.11. The molecule has 0 unspecified atom stereocenters. The van der Waals surface area contributed by atoms with Gasteiger partial charge < -0.3 is 24.4 Å². The number of rotatable bonds is 4. The maximum absolute atomic E-state index is 14.8. The van der Waals surface area contributed by atoms with Gasteiger partial charge in [-0.25, -0.2) is 9.18 Å². The third-order valence-electron chi connectivity index (χ3n) is 5.50. The van der Waals surface area contributed by atoms with Crippen molar-refractivity contribution in [3.63, 3.8) is 0 Å². The van der Waals surface area contributed by atoms with E-state index in [1.54, 1.807) is 11.0 Å². The number of nitrogens with zero attached hydrogens (tertiary/aromatic N) is 2. The maximum atomic E-state index is 14.8. The van der Waals surface area contributed by atoms with Gasteiger partial charge in [-0.1, -0.05) is 0 Å². The lowest BCUT2D eigenvalue weighted by Crippen LogP contribution is -2.52. The molecule has 1 amide bonds. The van der Waals surface area contributed by atoms with Gasteiger partial charge in [0, 0.05) is 43.3 Å². The zero-order valence-corrected chi connectivity index (χ0v) is 15.7. The van der Waals surface area contributed by atoms with Crippen molar-refractivity contribution >= 4 is 29.2 Å². The van der Waals surface area contributed by atoms with Crippen LogP contribution >= 0.6 is 11.8 Å². The highest BCUT2D eigenvalue weighted by Gasteiger charge is 2.47. The first kappa shape index (κ1) is 17.4. The molecule has 0 radical (unpaired) electrons. The van der Waals surface area contributed by atoms with E-state index < -0.39 is 6.09 Å². The van der Waals surface area contributed by atoms with Crippen molar-refractivity contribution in [3.8, 4) is 5.75 Å². The van der Waals surface area contributed by atoms with E-state index in [4.69, 9.17) is 14.2 Å². The van der Waals surface area contributed by atoms with Crippen LogP contribution in [0.3, 0.4) is 0 Å². The number of benzene rings is 1. The first-order valence-electron chi connectivity index (χ1n) is 9.31. The van der Waals surface area contributed by atoms with Crippen molar-refractivity contribution in [2.75, 3.05) is 60.8 Å². The number of hydrogen-bond donors (Lipinski definition) is 1. The standard InChI is InChI=1S/C18H22FN3O4S/c19-12-5-14-16(6-13(12)21-1-3-27-4-2-21)25-10-15-17(26-18(23)22(14)15)7-20-11-8-24-9-11/h5-6,11,15,17,20H,1-4,7-10H2/t15-,17-/m0/s1. The fraction of sp³-hybridized carbons (Fsp3) is 0.611. The van der Waals surface area contributed by atoms with Crippen molar-refractivity contribution in [3.05, 3.63) is 17.9 Å². The van der Waals surface area contributed by atoms with E-state index in [-0.39, 0.29) is 18.0 Å². The normalized spacial score (nSPS) is 27.5. The monoisotopic (exact) mass is 395 g/mol. The Morgan fingerprint density at radius 2 is 2.00 bits per heavy atom. The predicted molar refractivity (Wildman–Crippen MR) is 101 cm³/mol. The first-order valence-corrected chi connectivity index (χ1v) is 10.5. The summed E-state index contributed by atoms with van der Waals surface area (Å²) in [6, 6.07) is 3.18. The van der Waals surface area contributed by atoms with Crippen LogP contribution in [0.4, 0.5) is 20.6 Å². The second kappa shape index (κ2) is 7.03. The lowest BCUT2D eigenvalue weighted by molar-refractivity contribution is -0.0100. The molecule has 0 bridgehead atoms. The molecule has 1 N–H and O–H groups in total. The Morgan fingerprint density at radius 1 is 1.19 bits per heavy atom. The van der Waals surface area contributed by atoms with E-state index in [0.29, 0.717) is 49.5 Å². The van der Waals surface area contributed by atoms with Crippen molar-refractivity contribution in [2.45, 2.75) is 18.2 Å². The van der Waals surface area contributed by atoms with Crippen molar-refractivity contribution in [1.29, 1.82) is 0 Å². The molecule has 0 spiro atoms. The minimum absolute atomic E-state index is 0.255. The summed E-state index contributed by atoms with van der Waals surface area (Å²) < 4.78 is 31.5. The van der Waals surface area contributed by atoms with Gasteiger partial charge in [0.2, 0.25) is 0 Å². The summed E-state index contributed by atoms with van der Waals surface area (Å²) >= 11 is 1.87. The number of halogens is 1. The highest BCUT2D eigenvalue weighted by atomic mass is 32.2. The molecule has 9 heteroatoms. The van der Waals surface area contributed by atoms with E-state index in [1.165, 1.54) is 6.07 Å². The topological polar surface area (TPSA) is 63.3 Å². The molecule has 4 heterocycles. The average Bonchev–Trinajstić information content (AvgIpc) is 2.97. The first-order chi connectivity index (χ1) is 13.2. The summed E-state index contributed by atoms with van der Waals surface area (Å²) in [7, 11) is 0. The van der Waals surface area contributed by atoms with Crippen molar-refractivity contribution < 1.29 is 23.4 Å². The van der Waals surface area contributed by atoms with Crippen LogP contribution in [0.2, 0.25) is 0 Å². The fourth-order valence-corrected chi connectivity index (χ4v) is 4.80. The summed E-state index contributed by atoms with van der Waals surface area (Å²) in [5.41, 5.74) is 1.00. The Balaban J connectivity index is 1.37. The Bertz CT molecular complexity index is 742. The maximum Gasteiger partial charge on any atom is 0.415 e. The van der Waals surface area contributed by atoms with Crippen LogP contribution in [0, 0.1) is 5.82 Å². The number of carbonyl (C=O) groups excluding carboxylic acids is 1. The summed E-state index contributed by atoms with van der Waals surface area (Å²) in [5.74, 6) is 2.18. The number of amides is 1. The molecular weight excluding hydrogens is 373 g/mol. The number of hydrogen-bond acceptors (Lipinski definition) is 7. The van der Waals surface area contributed by atoms with Crippen molar-refractivity contribution in [2.24, 2.45) is 0 Å². The Morgan fingerprint density at radius 3 is 2.74 bits per heavy atom. The predicted octanol–water partition coefficient (Wildman–Crippen LogP) is 1.45. The van der Waals surface area contributed by atoms with E-state index in [1.807, 2.05) is 16.7 Å². The molecule has 3 fully saturated rings. The number of thioether (sulfide) groups is 1. The molecule has 2 atom stereocenters. The van der Waals surface area contributed by atoms with Crippen LogP contribution in [-0.2, 0) is 9.47 Å². The Labute approximate surface area is 161 Å². The molecule has 4 aliphatic heterocycles. The van der Waals surface area contributed by atoms with E-state index in [2.05, 4.69) is 5.32 Å². The smallest absolute Gasteiger partial charge is 0.415 e. The van der Waals surface area contributed by atoms with Gasteiger partial charge >= 0.3 is 6.09 Å². The molecule has 7 nitrogen and oxygen atoms in total. The molecule has 3 saturated heterocycles. The van der Waals surface area contributed by atoms with Crippen LogP contribution < -0.4 is 19.9 Å². The van der Waals surface area contributed by atoms with Gasteiger partial charge in [-0.3, -0.25) is 4.90 Å². The lowest BCUT2D eigenvalue weighted by atomic mass is 10.1. The largest absolute Gasteiger partial charge is 0.489 e. The van der Waals surface area contributed by atoms with Crippen LogP contribution in [0.25, 0.3) is 0 Å². The van der Waals surface area contributed by atoms with Crippen LogP contribution in [-0.4, -0.2) is 75.2 Å². The Kier molecular flexibility index (Phi) is 4.53. The summed E-state index contributed by atoms with van der Waals surface area (Å²) in [5, 5.41) is 3.33. The zero-order chi connectivity index (χ0) is 18.4. The quantitative estimate of drug-likeness (QED) is 0.828. The number of ether oxygens (including phenoxy) is 3. The van der Waals surface area contributed by atoms with Gasteiger partial charge in [-0.05, 0) is 0 Å². The molecule has 146 valence electrons. The highest BCUT2D eigenvalue weighted by molar-refractivity contribution is 7.99. The molecule has 1 aromatic carbocycles. The second-order valence-corrected chi connectivity index (χ2v) is 8.41. The number of fused-ring (bicyclic) bond motifs is 3. The number of nitrogens with one attached hydrogen (secondary N) is 1. The zero-order valence-electron chi connectivity index (χ0n) is 14.9. The molecule has 0 aliphatic carbocycles. The molecule has 0 saturated carbocycles. The highest BCUT2D eigenvalue weighted by Crippen LogP contribution is 2.42. The van der Waals surface area contributed by atoms with Gasteiger partial charge in [-0.15, -0.1) is 0 Å². The summed E-state index contributed by atoms with van der Waals surface area (Å²) in [6.07, 6.45) is -0.768. The molecule has 1 aromatic rings. The second-order valence-electron chi connectivity index (χ2n) is 7.18. The van der Waals surface area contributed by atoms with Crippen LogP contribution in [0.15, 0.2) is 12.1 Å². The van der Waals surface area contributed by atoms with Crippen LogP contribution in [0.1, 0.15) is 0 Å². The van der Waals surface area contributed by atoms with Gasteiger partial charge in [0.15, 0.2) is 0 Å². The summed E-state index contributed by atoms with van der Waals surface area (Å²) in [6.45, 7) is 3.86. The number of carbonyl (C=O) groups is 1. The number of cyclic esters (lactones) is 1. The van der Waals surface area contributed by atoms with Gasteiger partial charge in [0.1, 0.15) is 30.3 Å². The van der Waals surface area contributed by atoms with E-state index in [0.717, 1.165) is 24.6 Å². The van der Waals surface area contributed by atoms with Gasteiger partial charge in [-0.2, -0.15) is 11.8 Å². The minimum atomic E-state index is -0.442. The van der Waals surface area contributed by atoms with E-state index >= 15 is 0 Å². The molecule has 5 rings (SSSR count). The minimum Gasteiger partial charge on any atom is -0.489 e. The van der Waals surface area contributed by atoms with Gasteiger partial charge in [0.05, 0.1) is 30.6 Å². The van der Waals surface area contributed by atoms with E-state index in [9.17, 15) is 9.18 Å².